The van der Waals surface area contributed by atoms with E-state index in [9.17, 15) is 5.11 Å². The predicted molar refractivity (Wildman–Crippen MR) is 60.7 cm³/mol. The number of hydrogen-bond acceptors (Lipinski definition) is 4. The van der Waals surface area contributed by atoms with Crippen molar-refractivity contribution >= 4 is 11.4 Å². The third kappa shape index (κ3) is 1.99. The maximum atomic E-state index is 9.68. The van der Waals surface area contributed by atoms with Crippen molar-refractivity contribution in [1.82, 2.24) is 0 Å². The van der Waals surface area contributed by atoms with Crippen LogP contribution in [0, 0.1) is 0 Å². The second kappa shape index (κ2) is 4.40. The highest BCUT2D eigenvalue weighted by Crippen LogP contribution is 2.35. The molecule has 1 aromatic carbocycles. The van der Waals surface area contributed by atoms with E-state index in [0.29, 0.717) is 12.4 Å². The van der Waals surface area contributed by atoms with E-state index < -0.39 is 0 Å². The Labute approximate surface area is 89.5 Å². The Kier molecular flexibility index (Phi) is 2.97. The first-order valence-corrected chi connectivity index (χ1v) is 5.12. The number of para-hydroxylation sites is 1. The fourth-order valence-electron chi connectivity index (χ4n) is 1.84. The summed E-state index contributed by atoms with van der Waals surface area (Å²) in [7, 11) is 1.70. The molecule has 4 nitrogen and oxygen atoms in total. The van der Waals surface area contributed by atoms with Gasteiger partial charge in [-0.15, -0.1) is 0 Å². The lowest BCUT2D eigenvalue weighted by molar-refractivity contribution is 0.205. The summed E-state index contributed by atoms with van der Waals surface area (Å²) in [5, 5.41) is 12.9. The number of fused-ring (bicyclic) bond motifs is 1. The molecule has 2 N–H and O–H groups in total. The highest BCUT2D eigenvalue weighted by molar-refractivity contribution is 5.77. The largest absolute Gasteiger partial charge is 0.506 e. The number of anilines is 2. The van der Waals surface area contributed by atoms with E-state index in [2.05, 4.69) is 10.2 Å². The van der Waals surface area contributed by atoms with E-state index in [1.54, 1.807) is 13.2 Å². The predicted octanol–water partition coefficient (Wildman–Crippen LogP) is 1.27. The van der Waals surface area contributed by atoms with Crippen LogP contribution in [0.2, 0.25) is 0 Å². The fourth-order valence-corrected chi connectivity index (χ4v) is 1.84. The molecule has 4 heteroatoms. The molecule has 0 fully saturated rings. The highest BCUT2D eigenvalue weighted by Gasteiger charge is 2.18. The van der Waals surface area contributed by atoms with E-state index in [4.69, 9.17) is 4.74 Å². The first kappa shape index (κ1) is 10.1. The first-order chi connectivity index (χ1) is 7.33. The quantitative estimate of drug-likeness (QED) is 0.734. The van der Waals surface area contributed by atoms with Gasteiger partial charge in [0.05, 0.1) is 12.3 Å². The minimum Gasteiger partial charge on any atom is -0.506 e. The van der Waals surface area contributed by atoms with Crippen LogP contribution in [0.1, 0.15) is 0 Å². The Morgan fingerprint density at radius 1 is 1.53 bits per heavy atom. The first-order valence-electron chi connectivity index (χ1n) is 5.12. The number of nitrogens with zero attached hydrogens (tertiary/aromatic N) is 1. The zero-order valence-corrected chi connectivity index (χ0v) is 8.86. The van der Waals surface area contributed by atoms with E-state index in [-0.39, 0.29) is 0 Å². The highest BCUT2D eigenvalue weighted by atomic mass is 16.5. The maximum Gasteiger partial charge on any atom is 0.140 e. The van der Waals surface area contributed by atoms with Crippen molar-refractivity contribution in [3.63, 3.8) is 0 Å². The van der Waals surface area contributed by atoms with Gasteiger partial charge in [-0.25, -0.2) is 0 Å². The van der Waals surface area contributed by atoms with E-state index in [0.717, 1.165) is 31.0 Å². The van der Waals surface area contributed by atoms with Crippen LogP contribution in [0.3, 0.4) is 0 Å². The smallest absolute Gasteiger partial charge is 0.140 e. The molecule has 0 aromatic heterocycles. The summed E-state index contributed by atoms with van der Waals surface area (Å²) in [5.41, 5.74) is 1.89. The van der Waals surface area contributed by atoms with Crippen molar-refractivity contribution in [2.24, 2.45) is 0 Å². The molecule has 1 heterocycles. The Bertz CT molecular complexity index is 341. The number of rotatable bonds is 3. The van der Waals surface area contributed by atoms with Gasteiger partial charge in [-0.05, 0) is 12.1 Å². The van der Waals surface area contributed by atoms with Gasteiger partial charge in [-0.3, -0.25) is 0 Å². The van der Waals surface area contributed by atoms with Crippen LogP contribution in [-0.4, -0.2) is 38.5 Å². The maximum absolute atomic E-state index is 9.68. The van der Waals surface area contributed by atoms with Crippen molar-refractivity contribution < 1.29 is 9.84 Å². The molecule has 0 aliphatic carbocycles. The van der Waals surface area contributed by atoms with Gasteiger partial charge in [0.2, 0.25) is 0 Å². The summed E-state index contributed by atoms with van der Waals surface area (Å²) in [6.07, 6.45) is 0. The van der Waals surface area contributed by atoms with E-state index in [1.807, 2.05) is 12.1 Å². The van der Waals surface area contributed by atoms with E-state index >= 15 is 0 Å². The number of nitrogens with one attached hydrogen (secondary N) is 1. The van der Waals surface area contributed by atoms with Gasteiger partial charge in [0, 0.05) is 26.7 Å². The molecule has 1 aliphatic rings. The third-order valence-corrected chi connectivity index (χ3v) is 2.61. The second-order valence-corrected chi connectivity index (χ2v) is 3.58. The lowest BCUT2D eigenvalue weighted by Crippen LogP contribution is -2.36. The van der Waals surface area contributed by atoms with Gasteiger partial charge in [0.25, 0.3) is 0 Å². The Balaban J connectivity index is 2.22. The van der Waals surface area contributed by atoms with Gasteiger partial charge >= 0.3 is 0 Å². The number of phenolic OH excluding ortho intramolecular Hbond substituents is 1. The average molecular weight is 208 g/mol. The minimum atomic E-state index is 0.314. The lowest BCUT2D eigenvalue weighted by Gasteiger charge is -2.32. The van der Waals surface area contributed by atoms with Crippen LogP contribution in [-0.2, 0) is 4.74 Å². The molecule has 0 amide bonds. The Hall–Kier alpha value is -1.42. The number of phenols is 1. The molecule has 0 unspecified atom stereocenters. The number of aromatic hydroxyl groups is 1. The molecule has 0 bridgehead atoms. The standard InChI is InChI=1S/C11H16N2O2/c1-15-8-7-13-6-5-12-11-9(13)3-2-4-10(11)14/h2-4,12,14H,5-8H2,1H3. The van der Waals surface area contributed by atoms with Crippen LogP contribution in [0.25, 0.3) is 0 Å². The fraction of sp³-hybridized carbons (Fsp3) is 0.455. The zero-order chi connectivity index (χ0) is 10.7. The number of methoxy groups -OCH3 is 1. The van der Waals surface area contributed by atoms with E-state index in [1.165, 1.54) is 0 Å². The summed E-state index contributed by atoms with van der Waals surface area (Å²) < 4.78 is 5.07. The van der Waals surface area contributed by atoms with Crippen molar-refractivity contribution in [3.8, 4) is 5.75 Å². The zero-order valence-electron chi connectivity index (χ0n) is 8.86. The molecule has 0 saturated heterocycles. The molecule has 0 atom stereocenters. The normalized spacial score (nSPS) is 14.6. The van der Waals surface area contributed by atoms with Crippen molar-refractivity contribution in [2.75, 3.05) is 43.6 Å². The summed E-state index contributed by atoms with van der Waals surface area (Å²) in [6.45, 7) is 3.36. The van der Waals surface area contributed by atoms with Crippen LogP contribution >= 0.6 is 0 Å². The summed E-state index contributed by atoms with van der Waals surface area (Å²) in [6, 6.07) is 5.57. The number of hydrogen-bond donors (Lipinski definition) is 2. The Morgan fingerprint density at radius 3 is 3.20 bits per heavy atom. The van der Waals surface area contributed by atoms with Gasteiger partial charge in [0.15, 0.2) is 0 Å². The second-order valence-electron chi connectivity index (χ2n) is 3.58. The van der Waals surface area contributed by atoms with Gasteiger partial charge < -0.3 is 20.1 Å². The molecular weight excluding hydrogens is 192 g/mol. The average Bonchev–Trinajstić information content (AvgIpc) is 2.27. The van der Waals surface area contributed by atoms with Crippen molar-refractivity contribution in [3.05, 3.63) is 18.2 Å². The molecule has 15 heavy (non-hydrogen) atoms. The topological polar surface area (TPSA) is 44.7 Å². The van der Waals surface area contributed by atoms with Crippen LogP contribution in [0.15, 0.2) is 18.2 Å². The summed E-state index contributed by atoms with van der Waals surface area (Å²) in [4.78, 5) is 2.22. The minimum absolute atomic E-state index is 0.314. The van der Waals surface area contributed by atoms with Crippen molar-refractivity contribution in [2.45, 2.75) is 0 Å². The van der Waals surface area contributed by atoms with Gasteiger partial charge in [-0.2, -0.15) is 0 Å². The molecule has 2 rings (SSSR count). The molecule has 0 radical (unpaired) electrons. The Morgan fingerprint density at radius 2 is 2.40 bits per heavy atom. The van der Waals surface area contributed by atoms with Gasteiger partial charge in [0.1, 0.15) is 11.4 Å². The summed E-state index contributed by atoms with van der Waals surface area (Å²) in [5.74, 6) is 0.314. The molecule has 1 aliphatic heterocycles. The molecule has 0 spiro atoms. The van der Waals surface area contributed by atoms with Gasteiger partial charge in [-0.1, -0.05) is 6.07 Å². The number of ether oxygens (including phenoxy) is 1. The molecule has 0 saturated carbocycles. The molecular formula is C11H16N2O2. The SMILES string of the molecule is COCCN1CCNc2c(O)cccc21. The number of benzene rings is 1. The monoisotopic (exact) mass is 208 g/mol. The molecule has 1 aromatic rings. The van der Waals surface area contributed by atoms with Crippen LogP contribution < -0.4 is 10.2 Å². The third-order valence-electron chi connectivity index (χ3n) is 2.61. The van der Waals surface area contributed by atoms with Crippen LogP contribution in [0.4, 0.5) is 11.4 Å². The molecule has 82 valence electrons. The van der Waals surface area contributed by atoms with Crippen molar-refractivity contribution in [1.29, 1.82) is 0 Å². The summed E-state index contributed by atoms with van der Waals surface area (Å²) >= 11 is 0. The lowest BCUT2D eigenvalue weighted by atomic mass is 10.2. The van der Waals surface area contributed by atoms with Crippen LogP contribution in [0.5, 0.6) is 5.75 Å².